The van der Waals surface area contributed by atoms with E-state index in [0.29, 0.717) is 21.6 Å². The van der Waals surface area contributed by atoms with Crippen molar-refractivity contribution in [2.24, 2.45) is 4.99 Å². The Morgan fingerprint density at radius 3 is 2.64 bits per heavy atom. The van der Waals surface area contributed by atoms with Crippen molar-refractivity contribution in [1.82, 2.24) is 4.90 Å². The van der Waals surface area contributed by atoms with Gasteiger partial charge in [-0.25, -0.2) is 4.99 Å². The number of thioether (sulfide) groups is 1. The number of amidine groups is 1. The highest BCUT2D eigenvalue weighted by Gasteiger charge is 2.38. The summed E-state index contributed by atoms with van der Waals surface area (Å²) < 4.78 is 0. The number of carbonyl (C=O) groups excluding carboxylic acids is 2. The number of aliphatic imine (C=N–C) groups is 1. The van der Waals surface area contributed by atoms with Crippen LogP contribution in [0.1, 0.15) is 6.42 Å². The Labute approximate surface area is 176 Å². The molecule has 1 aliphatic heterocycles. The largest absolute Gasteiger partial charge is 0.395 e. The normalized spacial score (nSPS) is 18.0. The number of nitrogens with one attached hydrogen (secondary N) is 1. The summed E-state index contributed by atoms with van der Waals surface area (Å²) in [5.74, 6) is -0.624. The summed E-state index contributed by atoms with van der Waals surface area (Å²) in [5.41, 5.74) is 1.08. The highest BCUT2D eigenvalue weighted by molar-refractivity contribution is 8.15. The van der Waals surface area contributed by atoms with Crippen molar-refractivity contribution in [1.29, 1.82) is 0 Å². The van der Waals surface area contributed by atoms with E-state index < -0.39 is 5.25 Å². The highest BCUT2D eigenvalue weighted by atomic mass is 35.5. The van der Waals surface area contributed by atoms with Crippen LogP contribution in [-0.2, 0) is 9.59 Å². The Kier molecular flexibility index (Phi) is 6.96. The van der Waals surface area contributed by atoms with Gasteiger partial charge in [-0.3, -0.25) is 14.5 Å². The van der Waals surface area contributed by atoms with Gasteiger partial charge in [0.1, 0.15) is 5.25 Å². The molecule has 0 bridgehead atoms. The maximum absolute atomic E-state index is 12.7. The average molecular weight is 438 g/mol. The van der Waals surface area contributed by atoms with Gasteiger partial charge in [0.25, 0.3) is 0 Å². The summed E-state index contributed by atoms with van der Waals surface area (Å²) in [5, 5.41) is 12.4. The zero-order chi connectivity index (χ0) is 20.1. The van der Waals surface area contributed by atoms with Crippen LogP contribution in [0.2, 0.25) is 10.0 Å². The minimum absolute atomic E-state index is 0.0535. The summed E-state index contributed by atoms with van der Waals surface area (Å²) >= 11 is 13.2. The van der Waals surface area contributed by atoms with Crippen molar-refractivity contribution in [2.45, 2.75) is 11.7 Å². The Hall–Kier alpha value is -2.06. The molecule has 0 aliphatic carbocycles. The number of halogens is 2. The Morgan fingerprint density at radius 1 is 1.18 bits per heavy atom. The molecule has 0 saturated carbocycles. The quantitative estimate of drug-likeness (QED) is 0.716. The van der Waals surface area contributed by atoms with Crippen LogP contribution < -0.4 is 5.32 Å². The monoisotopic (exact) mass is 437 g/mol. The van der Waals surface area contributed by atoms with Crippen LogP contribution in [0.25, 0.3) is 0 Å². The molecular weight excluding hydrogens is 421 g/mol. The standard InChI is InChI=1S/C19H17Cl2N3O3S/c20-13-7-4-8-14(17(13)21)23-16(26)11-15-18(27)24(9-10-25)19(28-15)22-12-5-2-1-3-6-12/h1-8,15,25H,9-11H2,(H,23,26)/t15-/m1/s1. The first kappa shape index (κ1) is 20.7. The Morgan fingerprint density at radius 2 is 1.93 bits per heavy atom. The van der Waals surface area contributed by atoms with Gasteiger partial charge in [0.05, 0.1) is 34.6 Å². The van der Waals surface area contributed by atoms with Gasteiger partial charge in [0.2, 0.25) is 11.8 Å². The van der Waals surface area contributed by atoms with E-state index in [1.807, 2.05) is 30.3 Å². The minimum atomic E-state index is -0.632. The molecule has 1 saturated heterocycles. The van der Waals surface area contributed by atoms with E-state index in [2.05, 4.69) is 10.3 Å². The lowest BCUT2D eigenvalue weighted by Gasteiger charge is -2.14. The van der Waals surface area contributed by atoms with E-state index in [1.54, 1.807) is 18.2 Å². The Bertz CT molecular complexity index is 909. The van der Waals surface area contributed by atoms with Gasteiger partial charge in [0, 0.05) is 6.42 Å². The zero-order valence-electron chi connectivity index (χ0n) is 14.6. The first-order valence-corrected chi connectivity index (χ1v) is 10.1. The molecule has 3 rings (SSSR count). The number of aliphatic hydroxyl groups excluding tert-OH is 1. The second-order valence-electron chi connectivity index (χ2n) is 5.90. The molecule has 2 aromatic rings. The van der Waals surface area contributed by atoms with Crippen LogP contribution >= 0.6 is 35.0 Å². The molecule has 1 fully saturated rings. The summed E-state index contributed by atoms with van der Waals surface area (Å²) in [6, 6.07) is 14.1. The molecule has 1 atom stereocenters. The third-order valence-corrected chi connectivity index (χ3v) is 5.92. The fraction of sp³-hybridized carbons (Fsp3) is 0.211. The number of rotatable bonds is 6. The number of anilines is 1. The van der Waals surface area contributed by atoms with Crippen LogP contribution in [-0.4, -0.2) is 45.4 Å². The number of para-hydroxylation sites is 1. The van der Waals surface area contributed by atoms with E-state index in [1.165, 1.54) is 16.7 Å². The fourth-order valence-corrected chi connectivity index (χ4v) is 4.15. The summed E-state index contributed by atoms with van der Waals surface area (Å²) in [7, 11) is 0. The van der Waals surface area contributed by atoms with Crippen LogP contribution in [0.3, 0.4) is 0 Å². The third-order valence-electron chi connectivity index (χ3n) is 3.92. The summed E-state index contributed by atoms with van der Waals surface area (Å²) in [6.07, 6.45) is -0.0535. The minimum Gasteiger partial charge on any atom is -0.395 e. The molecule has 2 N–H and O–H groups in total. The lowest BCUT2D eigenvalue weighted by atomic mass is 10.2. The van der Waals surface area contributed by atoms with Crippen molar-refractivity contribution in [3.8, 4) is 0 Å². The molecule has 2 aromatic carbocycles. The van der Waals surface area contributed by atoms with E-state index in [-0.39, 0.29) is 36.4 Å². The fourth-order valence-electron chi connectivity index (χ4n) is 2.61. The molecule has 28 heavy (non-hydrogen) atoms. The maximum atomic E-state index is 12.7. The third kappa shape index (κ3) is 4.86. The summed E-state index contributed by atoms with van der Waals surface area (Å²) in [4.78, 5) is 31.0. The number of amides is 2. The van der Waals surface area contributed by atoms with Crippen molar-refractivity contribution in [3.63, 3.8) is 0 Å². The van der Waals surface area contributed by atoms with Crippen LogP contribution in [0.15, 0.2) is 53.5 Å². The predicted molar refractivity (Wildman–Crippen MR) is 113 cm³/mol. The van der Waals surface area contributed by atoms with Gasteiger partial charge >= 0.3 is 0 Å². The van der Waals surface area contributed by atoms with Crippen LogP contribution in [0.5, 0.6) is 0 Å². The average Bonchev–Trinajstić information content (AvgIpc) is 2.95. The summed E-state index contributed by atoms with van der Waals surface area (Å²) in [6.45, 7) is -0.0765. The van der Waals surface area contributed by atoms with E-state index in [4.69, 9.17) is 23.2 Å². The molecule has 2 amide bonds. The second kappa shape index (κ2) is 9.43. The first-order valence-electron chi connectivity index (χ1n) is 8.46. The zero-order valence-corrected chi connectivity index (χ0v) is 17.0. The molecule has 1 heterocycles. The number of hydrogen-bond donors (Lipinski definition) is 2. The van der Waals surface area contributed by atoms with Crippen LogP contribution in [0, 0.1) is 0 Å². The van der Waals surface area contributed by atoms with Gasteiger partial charge in [-0.05, 0) is 24.3 Å². The number of β-amino-alcohol motifs (C(OH)–C–C–N with tert-alkyl or cyclic N) is 1. The van der Waals surface area contributed by atoms with E-state index >= 15 is 0 Å². The maximum Gasteiger partial charge on any atom is 0.242 e. The second-order valence-corrected chi connectivity index (χ2v) is 7.86. The topological polar surface area (TPSA) is 82.0 Å². The molecule has 1 aliphatic rings. The molecule has 146 valence electrons. The first-order chi connectivity index (χ1) is 13.5. The van der Waals surface area contributed by atoms with Gasteiger partial charge in [-0.1, -0.05) is 59.2 Å². The van der Waals surface area contributed by atoms with Crippen molar-refractivity contribution < 1.29 is 14.7 Å². The number of carbonyl (C=O) groups is 2. The molecular formula is C19H17Cl2N3O3S. The molecule has 0 radical (unpaired) electrons. The molecule has 0 unspecified atom stereocenters. The van der Waals surface area contributed by atoms with E-state index in [9.17, 15) is 14.7 Å². The van der Waals surface area contributed by atoms with Gasteiger partial charge in [-0.15, -0.1) is 0 Å². The van der Waals surface area contributed by atoms with E-state index in [0.717, 1.165) is 0 Å². The smallest absolute Gasteiger partial charge is 0.242 e. The van der Waals surface area contributed by atoms with Crippen LogP contribution in [0.4, 0.5) is 11.4 Å². The lowest BCUT2D eigenvalue weighted by Crippen LogP contribution is -2.35. The van der Waals surface area contributed by atoms with Gasteiger partial charge < -0.3 is 10.4 Å². The SMILES string of the molecule is O=C(C[C@H]1SC(=Nc2ccccc2)N(CCO)C1=O)Nc1cccc(Cl)c1Cl. The van der Waals surface area contributed by atoms with Crippen molar-refractivity contribution in [2.75, 3.05) is 18.5 Å². The number of benzene rings is 2. The number of hydrogen-bond acceptors (Lipinski definition) is 5. The molecule has 0 spiro atoms. The number of aliphatic hydroxyl groups is 1. The lowest BCUT2D eigenvalue weighted by molar-refractivity contribution is -0.128. The highest BCUT2D eigenvalue weighted by Crippen LogP contribution is 2.33. The van der Waals surface area contributed by atoms with Gasteiger partial charge in [-0.2, -0.15) is 0 Å². The molecule has 6 nitrogen and oxygen atoms in total. The predicted octanol–water partition coefficient (Wildman–Crippen LogP) is 3.95. The van der Waals surface area contributed by atoms with Crippen molar-refractivity contribution in [3.05, 3.63) is 58.6 Å². The van der Waals surface area contributed by atoms with Gasteiger partial charge in [0.15, 0.2) is 5.17 Å². The molecule has 9 heteroatoms. The number of nitrogens with zero attached hydrogens (tertiary/aromatic N) is 2. The van der Waals surface area contributed by atoms with Crippen molar-refractivity contribution >= 4 is 63.3 Å². The Balaban J connectivity index is 1.73. The molecule has 0 aromatic heterocycles.